The Balaban J connectivity index is 1.44. The summed E-state index contributed by atoms with van der Waals surface area (Å²) in [5, 5.41) is 7.76. The van der Waals surface area contributed by atoms with Gasteiger partial charge in [0.25, 0.3) is 0 Å². The fraction of sp³-hybridized carbons (Fsp3) is 0.458. The van der Waals surface area contributed by atoms with E-state index in [-0.39, 0.29) is 41.2 Å². The summed E-state index contributed by atoms with van der Waals surface area (Å²) in [6.45, 7) is 4.65. The number of hydrogen-bond donors (Lipinski definition) is 1. The first-order chi connectivity index (χ1) is 17.1. The van der Waals surface area contributed by atoms with Gasteiger partial charge < -0.3 is 15.0 Å². The number of fused-ring (bicyclic) bond motifs is 2. The van der Waals surface area contributed by atoms with Crippen molar-refractivity contribution in [3.05, 3.63) is 36.2 Å². The third kappa shape index (κ3) is 4.15. The molecule has 36 heavy (non-hydrogen) atoms. The molecule has 2 amide bonds. The Bertz CT molecular complexity index is 1370. The lowest BCUT2D eigenvalue weighted by Gasteiger charge is -2.27. The van der Waals surface area contributed by atoms with Gasteiger partial charge in [0.1, 0.15) is 24.1 Å². The van der Waals surface area contributed by atoms with E-state index < -0.39 is 6.04 Å². The molecule has 11 nitrogen and oxygen atoms in total. The molecule has 2 fully saturated rings. The van der Waals surface area contributed by atoms with Crippen LogP contribution >= 0.6 is 0 Å². The summed E-state index contributed by atoms with van der Waals surface area (Å²) in [4.78, 5) is 55.2. The molecule has 0 aromatic carbocycles. The van der Waals surface area contributed by atoms with E-state index >= 15 is 0 Å². The molecule has 1 saturated heterocycles. The minimum atomic E-state index is -0.471. The highest BCUT2D eigenvalue weighted by atomic mass is 16.2. The molecule has 0 radical (unpaired) electrons. The second-order valence-electron chi connectivity index (χ2n) is 10.3. The molecule has 5 rings (SSSR count). The Morgan fingerprint density at radius 2 is 1.92 bits per heavy atom. The number of ketones is 1. The van der Waals surface area contributed by atoms with Gasteiger partial charge >= 0.3 is 0 Å². The number of pyridine rings is 1. The number of piperidine rings is 1. The van der Waals surface area contributed by atoms with Gasteiger partial charge in [-0.3, -0.25) is 24.0 Å². The van der Waals surface area contributed by atoms with E-state index in [1.54, 1.807) is 37.5 Å². The fourth-order valence-electron chi connectivity index (χ4n) is 5.22. The van der Waals surface area contributed by atoms with Gasteiger partial charge in [-0.05, 0) is 37.9 Å². The van der Waals surface area contributed by atoms with Crippen LogP contribution in [0.25, 0.3) is 22.2 Å². The van der Waals surface area contributed by atoms with Crippen molar-refractivity contribution in [3.8, 4) is 11.3 Å². The maximum absolute atomic E-state index is 13.3. The van der Waals surface area contributed by atoms with Gasteiger partial charge in [0, 0.05) is 36.8 Å². The lowest BCUT2D eigenvalue weighted by Crippen LogP contribution is -2.48. The van der Waals surface area contributed by atoms with Crippen molar-refractivity contribution in [1.82, 2.24) is 39.8 Å². The predicted molar refractivity (Wildman–Crippen MR) is 134 cm³/mol. The zero-order valence-corrected chi connectivity index (χ0v) is 21.1. The normalized spacial score (nSPS) is 22.6. The number of rotatable bonds is 7. The fourth-order valence-corrected chi connectivity index (χ4v) is 5.22. The van der Waals surface area contributed by atoms with Gasteiger partial charge in [0.2, 0.25) is 19.8 Å². The van der Waals surface area contributed by atoms with Crippen LogP contribution in [-0.4, -0.2) is 86.8 Å². The van der Waals surface area contributed by atoms with Gasteiger partial charge in [0.05, 0.1) is 24.0 Å². The molecule has 2 aliphatic rings. The highest BCUT2D eigenvalue weighted by Crippen LogP contribution is 2.60. The molecule has 186 valence electrons. The Morgan fingerprint density at radius 3 is 2.56 bits per heavy atom. The van der Waals surface area contributed by atoms with Crippen LogP contribution in [0.3, 0.4) is 0 Å². The third-order valence-corrected chi connectivity index (χ3v) is 7.22. The molecule has 3 aromatic rings. The quantitative estimate of drug-likeness (QED) is 0.366. The first-order valence-corrected chi connectivity index (χ1v) is 12.0. The zero-order chi connectivity index (χ0) is 25.8. The molecule has 1 aliphatic heterocycles. The molecular formula is C24H29BN8O3. The van der Waals surface area contributed by atoms with E-state index in [9.17, 15) is 14.4 Å². The van der Waals surface area contributed by atoms with Gasteiger partial charge in [-0.2, -0.15) is 5.10 Å². The summed E-state index contributed by atoms with van der Waals surface area (Å²) in [5.74, 6) is 0.321. The molecule has 1 N–H and O–H groups in total. The molecular weight excluding hydrogens is 459 g/mol. The first kappa shape index (κ1) is 24.0. The lowest BCUT2D eigenvalue weighted by atomic mass is 10.1. The Hall–Kier alpha value is -3.67. The number of amides is 2. The van der Waals surface area contributed by atoms with Crippen LogP contribution in [0.1, 0.15) is 36.6 Å². The van der Waals surface area contributed by atoms with Crippen molar-refractivity contribution < 1.29 is 14.4 Å². The second kappa shape index (κ2) is 8.77. The van der Waals surface area contributed by atoms with Crippen molar-refractivity contribution in [2.24, 2.45) is 11.3 Å². The molecule has 0 spiro atoms. The van der Waals surface area contributed by atoms with Gasteiger partial charge in [0.15, 0.2) is 5.78 Å². The van der Waals surface area contributed by atoms with Crippen LogP contribution in [0.2, 0.25) is 0 Å². The number of likely N-dealkylation sites (tertiary alicyclic amines) is 1. The van der Waals surface area contributed by atoms with E-state index in [0.29, 0.717) is 35.5 Å². The van der Waals surface area contributed by atoms with Crippen LogP contribution in [-0.2, 0) is 22.7 Å². The molecule has 0 bridgehead atoms. The Kier molecular flexibility index (Phi) is 5.86. The summed E-state index contributed by atoms with van der Waals surface area (Å²) in [6.07, 6.45) is 5.98. The number of Topliss-reactive ketones (excluding diaryl/α,β-unsaturated/α-hetero) is 1. The predicted octanol–water partition coefficient (Wildman–Crippen LogP) is 0.0538. The molecule has 12 heteroatoms. The number of aromatic nitrogens is 5. The van der Waals surface area contributed by atoms with Crippen LogP contribution in [0.15, 0.2) is 24.7 Å². The molecule has 4 heterocycles. The monoisotopic (exact) mass is 488 g/mol. The minimum Gasteiger partial charge on any atom is -0.404 e. The summed E-state index contributed by atoms with van der Waals surface area (Å²) in [5.41, 5.74) is 2.17. The van der Waals surface area contributed by atoms with Crippen molar-refractivity contribution in [3.63, 3.8) is 0 Å². The van der Waals surface area contributed by atoms with E-state index in [4.69, 9.17) is 0 Å². The second-order valence-corrected chi connectivity index (χ2v) is 10.3. The number of nitrogens with one attached hydrogen (secondary N) is 1. The number of carbonyl (C=O) groups is 3. The average molecular weight is 488 g/mol. The zero-order valence-electron chi connectivity index (χ0n) is 21.1. The highest BCUT2D eigenvalue weighted by molar-refractivity contribution is 6.15. The first-order valence-electron chi connectivity index (χ1n) is 12.0. The summed E-state index contributed by atoms with van der Waals surface area (Å²) < 4.78 is 1.51. The van der Waals surface area contributed by atoms with Crippen LogP contribution in [0.5, 0.6) is 0 Å². The molecule has 3 atom stereocenters. The maximum atomic E-state index is 13.3. The van der Waals surface area contributed by atoms with E-state index in [1.807, 2.05) is 19.0 Å². The Morgan fingerprint density at radius 1 is 1.19 bits per heavy atom. The van der Waals surface area contributed by atoms with E-state index in [1.165, 1.54) is 11.6 Å². The third-order valence-electron chi connectivity index (χ3n) is 7.22. The van der Waals surface area contributed by atoms with Crippen LogP contribution in [0, 0.1) is 11.3 Å². The lowest BCUT2D eigenvalue weighted by molar-refractivity contribution is -0.139. The van der Waals surface area contributed by atoms with Crippen molar-refractivity contribution in [2.45, 2.75) is 39.4 Å². The van der Waals surface area contributed by atoms with Gasteiger partial charge in [-0.15, -0.1) is 0 Å². The van der Waals surface area contributed by atoms with Crippen molar-refractivity contribution >= 4 is 36.5 Å². The van der Waals surface area contributed by atoms with Crippen LogP contribution in [0.4, 0.5) is 0 Å². The topological polar surface area (TPSA) is 126 Å². The SMILES string of the molecule is BNC(=O)C1C2CC2(C)CN1C(=O)Cn1nc(C(C)=O)c2cc(-c3cnc(CN(C)C)nc3)ncc21. The number of nitrogens with zero attached hydrogens (tertiary/aromatic N) is 7. The van der Waals surface area contributed by atoms with Crippen LogP contribution < -0.4 is 5.23 Å². The van der Waals surface area contributed by atoms with Gasteiger partial charge in [-0.25, -0.2) is 9.97 Å². The Labute approximate surface area is 209 Å². The smallest absolute Gasteiger partial charge is 0.245 e. The minimum absolute atomic E-state index is 0.00974. The molecule has 1 aliphatic carbocycles. The maximum Gasteiger partial charge on any atom is 0.245 e. The molecule has 1 saturated carbocycles. The largest absolute Gasteiger partial charge is 0.404 e. The van der Waals surface area contributed by atoms with Crippen molar-refractivity contribution in [2.75, 3.05) is 20.6 Å². The van der Waals surface area contributed by atoms with E-state index in [2.05, 4.69) is 32.2 Å². The van der Waals surface area contributed by atoms with E-state index in [0.717, 1.165) is 12.0 Å². The number of carbonyl (C=O) groups excluding carboxylic acids is 3. The highest BCUT2D eigenvalue weighted by Gasteiger charge is 2.64. The molecule has 3 unspecified atom stereocenters. The molecule has 3 aromatic heterocycles. The number of hydrogen-bond acceptors (Lipinski definition) is 8. The van der Waals surface area contributed by atoms with Gasteiger partial charge in [-0.1, -0.05) is 6.92 Å². The standard InChI is InChI=1S/C24H29BN8O3/c1-13(34)21-15-5-17(14-7-27-19(28-8-14)10-31(3)4)26-9-18(15)33(30-21)11-20(35)32-12-24(2)6-16(24)22(32)23(36)29-25/h5,7-9,16,22H,6,10-12,25H2,1-4H3,(H,29,36). The summed E-state index contributed by atoms with van der Waals surface area (Å²) in [7, 11) is 5.49. The van der Waals surface area contributed by atoms with Crippen molar-refractivity contribution in [1.29, 1.82) is 0 Å². The summed E-state index contributed by atoms with van der Waals surface area (Å²) >= 11 is 0. The average Bonchev–Trinajstić information content (AvgIpc) is 3.21. The summed E-state index contributed by atoms with van der Waals surface area (Å²) in [6, 6.07) is 1.31.